The average molecular weight is 150 g/mol. The first-order valence-electron chi connectivity index (χ1n) is 4.08. The molecule has 1 nitrogen and oxygen atoms in total. The van der Waals surface area contributed by atoms with Crippen molar-refractivity contribution < 1.29 is 4.79 Å². The van der Waals surface area contributed by atoms with Gasteiger partial charge in [0.1, 0.15) is 0 Å². The standard InChI is InChI=1S/C10H14O/c1-3-4-5-9-8(2)6-7-10(9)11/h3-4H,5-7H2,1-2H3. The van der Waals surface area contributed by atoms with Gasteiger partial charge in [-0.25, -0.2) is 0 Å². The van der Waals surface area contributed by atoms with Crippen LogP contribution >= 0.6 is 0 Å². The Kier molecular flexibility index (Phi) is 2.64. The van der Waals surface area contributed by atoms with Crippen molar-refractivity contribution in [2.75, 3.05) is 0 Å². The maximum atomic E-state index is 11.2. The summed E-state index contributed by atoms with van der Waals surface area (Å²) >= 11 is 0. The maximum absolute atomic E-state index is 11.2. The van der Waals surface area contributed by atoms with Crippen molar-refractivity contribution in [2.24, 2.45) is 0 Å². The second-order valence-corrected chi connectivity index (χ2v) is 2.96. The molecule has 1 aliphatic rings. The van der Waals surface area contributed by atoms with E-state index in [-0.39, 0.29) is 0 Å². The molecule has 60 valence electrons. The highest BCUT2D eigenvalue weighted by Gasteiger charge is 2.17. The quantitative estimate of drug-likeness (QED) is 0.553. The van der Waals surface area contributed by atoms with Crippen LogP contribution in [0.2, 0.25) is 0 Å². The van der Waals surface area contributed by atoms with Crippen molar-refractivity contribution in [1.29, 1.82) is 0 Å². The van der Waals surface area contributed by atoms with Crippen molar-refractivity contribution in [1.82, 2.24) is 0 Å². The number of carbonyl (C=O) groups excluding carboxylic acids is 1. The molecule has 1 rings (SSSR count). The number of ketones is 1. The summed E-state index contributed by atoms with van der Waals surface area (Å²) in [7, 11) is 0. The van der Waals surface area contributed by atoms with Crippen molar-refractivity contribution in [2.45, 2.75) is 33.1 Å². The van der Waals surface area contributed by atoms with Crippen LogP contribution in [0, 0.1) is 0 Å². The Labute approximate surface area is 67.8 Å². The van der Waals surface area contributed by atoms with E-state index in [1.807, 2.05) is 19.1 Å². The summed E-state index contributed by atoms with van der Waals surface area (Å²) in [5.41, 5.74) is 2.33. The van der Waals surface area contributed by atoms with Crippen molar-refractivity contribution >= 4 is 5.78 Å². The minimum atomic E-state index is 0.348. The Morgan fingerprint density at radius 1 is 1.45 bits per heavy atom. The molecule has 0 atom stereocenters. The van der Waals surface area contributed by atoms with Crippen LogP contribution in [0.4, 0.5) is 0 Å². The van der Waals surface area contributed by atoms with Crippen molar-refractivity contribution in [3.05, 3.63) is 23.3 Å². The maximum Gasteiger partial charge on any atom is 0.159 e. The zero-order valence-electron chi connectivity index (χ0n) is 7.18. The minimum Gasteiger partial charge on any atom is -0.295 e. The third kappa shape index (κ3) is 1.79. The Hall–Kier alpha value is -0.850. The summed E-state index contributed by atoms with van der Waals surface area (Å²) in [6.07, 6.45) is 6.58. The fraction of sp³-hybridized carbons (Fsp3) is 0.500. The van der Waals surface area contributed by atoms with E-state index in [4.69, 9.17) is 0 Å². The fourth-order valence-electron chi connectivity index (χ4n) is 1.36. The predicted molar refractivity (Wildman–Crippen MR) is 46.4 cm³/mol. The zero-order valence-corrected chi connectivity index (χ0v) is 7.18. The summed E-state index contributed by atoms with van der Waals surface area (Å²) in [6, 6.07) is 0. The highest BCUT2D eigenvalue weighted by Crippen LogP contribution is 2.24. The Morgan fingerprint density at radius 2 is 2.18 bits per heavy atom. The predicted octanol–water partition coefficient (Wildman–Crippen LogP) is 2.63. The van der Waals surface area contributed by atoms with Gasteiger partial charge in [-0.15, -0.1) is 0 Å². The first kappa shape index (κ1) is 8.25. The van der Waals surface area contributed by atoms with Crippen LogP contribution < -0.4 is 0 Å². The van der Waals surface area contributed by atoms with Gasteiger partial charge >= 0.3 is 0 Å². The first-order valence-corrected chi connectivity index (χ1v) is 4.08. The Bertz CT molecular complexity index is 221. The number of allylic oxidation sites excluding steroid dienone is 4. The molecule has 0 radical (unpaired) electrons. The van der Waals surface area contributed by atoms with Gasteiger partial charge in [-0.05, 0) is 32.3 Å². The summed E-state index contributed by atoms with van der Waals surface area (Å²) < 4.78 is 0. The van der Waals surface area contributed by atoms with Crippen LogP contribution in [0.25, 0.3) is 0 Å². The molecule has 0 bridgehead atoms. The molecule has 0 aromatic heterocycles. The van der Waals surface area contributed by atoms with E-state index in [0.717, 1.165) is 24.8 Å². The van der Waals surface area contributed by atoms with Crippen LogP contribution in [0.15, 0.2) is 23.3 Å². The lowest BCUT2D eigenvalue weighted by Gasteiger charge is -1.95. The number of hydrogen-bond acceptors (Lipinski definition) is 1. The molecule has 0 spiro atoms. The smallest absolute Gasteiger partial charge is 0.159 e. The van der Waals surface area contributed by atoms with E-state index in [0.29, 0.717) is 5.78 Å². The van der Waals surface area contributed by atoms with E-state index >= 15 is 0 Å². The van der Waals surface area contributed by atoms with Gasteiger partial charge in [0, 0.05) is 6.42 Å². The summed E-state index contributed by atoms with van der Waals surface area (Å²) in [4.78, 5) is 11.2. The molecule has 1 aliphatic carbocycles. The van der Waals surface area contributed by atoms with Gasteiger partial charge < -0.3 is 0 Å². The van der Waals surface area contributed by atoms with E-state index in [1.54, 1.807) is 0 Å². The molecule has 0 aliphatic heterocycles. The Morgan fingerprint density at radius 3 is 2.64 bits per heavy atom. The van der Waals surface area contributed by atoms with Gasteiger partial charge in [-0.3, -0.25) is 4.79 Å². The molecule has 0 amide bonds. The third-order valence-corrected chi connectivity index (χ3v) is 2.14. The molecule has 0 aromatic rings. The number of Topliss-reactive ketones (excluding diaryl/α,β-unsaturated/α-hetero) is 1. The monoisotopic (exact) mass is 150 g/mol. The summed E-state index contributed by atoms with van der Waals surface area (Å²) in [5, 5.41) is 0. The van der Waals surface area contributed by atoms with E-state index in [1.165, 1.54) is 5.57 Å². The highest BCUT2D eigenvalue weighted by atomic mass is 16.1. The van der Waals surface area contributed by atoms with Crippen molar-refractivity contribution in [3.63, 3.8) is 0 Å². The van der Waals surface area contributed by atoms with Crippen LogP contribution in [0.1, 0.15) is 33.1 Å². The van der Waals surface area contributed by atoms with Gasteiger partial charge in [-0.2, -0.15) is 0 Å². The van der Waals surface area contributed by atoms with E-state index in [9.17, 15) is 4.79 Å². The number of carbonyl (C=O) groups is 1. The molecular formula is C10H14O. The third-order valence-electron chi connectivity index (χ3n) is 2.14. The van der Waals surface area contributed by atoms with Gasteiger partial charge in [0.2, 0.25) is 0 Å². The SMILES string of the molecule is CC=CCC1=C(C)CCC1=O. The molecular weight excluding hydrogens is 136 g/mol. The van der Waals surface area contributed by atoms with E-state index in [2.05, 4.69) is 6.92 Å². The molecule has 0 saturated carbocycles. The first-order chi connectivity index (χ1) is 5.25. The van der Waals surface area contributed by atoms with E-state index < -0.39 is 0 Å². The van der Waals surface area contributed by atoms with Crippen LogP contribution in [0.5, 0.6) is 0 Å². The minimum absolute atomic E-state index is 0.348. The number of hydrogen-bond donors (Lipinski definition) is 0. The van der Waals surface area contributed by atoms with Gasteiger partial charge in [-0.1, -0.05) is 17.7 Å². The molecule has 11 heavy (non-hydrogen) atoms. The Balaban J connectivity index is 2.67. The molecule has 0 aromatic carbocycles. The lowest BCUT2D eigenvalue weighted by molar-refractivity contribution is -0.114. The molecule has 1 heteroatoms. The van der Waals surface area contributed by atoms with Gasteiger partial charge in [0.15, 0.2) is 5.78 Å². The molecule has 0 fully saturated rings. The lowest BCUT2D eigenvalue weighted by Crippen LogP contribution is -1.94. The van der Waals surface area contributed by atoms with Crippen LogP contribution in [-0.2, 0) is 4.79 Å². The van der Waals surface area contributed by atoms with Gasteiger partial charge in [0.05, 0.1) is 0 Å². The molecule has 0 N–H and O–H groups in total. The molecule has 0 saturated heterocycles. The number of rotatable bonds is 2. The normalized spacial score (nSPS) is 18.9. The summed E-state index contributed by atoms with van der Waals surface area (Å²) in [5.74, 6) is 0.348. The second kappa shape index (κ2) is 3.51. The second-order valence-electron chi connectivity index (χ2n) is 2.96. The summed E-state index contributed by atoms with van der Waals surface area (Å²) in [6.45, 7) is 4.04. The zero-order chi connectivity index (χ0) is 8.27. The van der Waals surface area contributed by atoms with Crippen LogP contribution in [0.3, 0.4) is 0 Å². The average Bonchev–Trinajstić information content (AvgIpc) is 2.29. The van der Waals surface area contributed by atoms with Crippen molar-refractivity contribution in [3.8, 4) is 0 Å². The lowest BCUT2D eigenvalue weighted by atomic mass is 10.1. The fourth-order valence-corrected chi connectivity index (χ4v) is 1.36. The van der Waals surface area contributed by atoms with Crippen LogP contribution in [-0.4, -0.2) is 5.78 Å². The molecule has 0 heterocycles. The topological polar surface area (TPSA) is 17.1 Å². The van der Waals surface area contributed by atoms with Gasteiger partial charge in [0.25, 0.3) is 0 Å². The highest BCUT2D eigenvalue weighted by molar-refractivity contribution is 5.98. The largest absolute Gasteiger partial charge is 0.295 e. The molecule has 0 unspecified atom stereocenters.